The average molecular weight is 620 g/mol. The SMILES string of the molecule is C=C(C)C(=O)CCNc1ccc(Cl)nc1C(=O)c1ccccc1.COC(=O)Nc1ccc(Cl)nc1C(=O)c1ccccc1. The third-order valence-electron chi connectivity index (χ3n) is 5.79. The van der Waals surface area contributed by atoms with Crippen LogP contribution in [0.3, 0.4) is 0 Å². The zero-order chi connectivity index (χ0) is 31.4. The van der Waals surface area contributed by atoms with Crippen molar-refractivity contribution in [3.05, 3.63) is 130 Å². The van der Waals surface area contributed by atoms with Gasteiger partial charge in [-0.05, 0) is 36.8 Å². The summed E-state index contributed by atoms with van der Waals surface area (Å²) in [5, 5.41) is 5.92. The molecule has 9 nitrogen and oxygen atoms in total. The van der Waals surface area contributed by atoms with Crippen LogP contribution in [0.25, 0.3) is 0 Å². The van der Waals surface area contributed by atoms with Crippen molar-refractivity contribution in [2.75, 3.05) is 24.3 Å². The van der Waals surface area contributed by atoms with Crippen molar-refractivity contribution in [2.24, 2.45) is 0 Å². The van der Waals surface area contributed by atoms with E-state index in [0.717, 1.165) is 0 Å². The second kappa shape index (κ2) is 16.0. The van der Waals surface area contributed by atoms with Crippen molar-refractivity contribution in [3.8, 4) is 0 Å². The van der Waals surface area contributed by atoms with Gasteiger partial charge in [0.15, 0.2) is 5.78 Å². The average Bonchev–Trinajstić information content (AvgIpc) is 3.02. The molecule has 1 amide bonds. The predicted molar refractivity (Wildman–Crippen MR) is 167 cm³/mol. The predicted octanol–water partition coefficient (Wildman–Crippen LogP) is 7.06. The fraction of sp³-hybridized carbons (Fsp3) is 0.125. The van der Waals surface area contributed by atoms with Crippen molar-refractivity contribution in [2.45, 2.75) is 13.3 Å². The zero-order valence-electron chi connectivity index (χ0n) is 23.4. The highest BCUT2D eigenvalue weighted by atomic mass is 35.5. The lowest BCUT2D eigenvalue weighted by Gasteiger charge is -2.11. The van der Waals surface area contributed by atoms with Gasteiger partial charge in [-0.25, -0.2) is 14.8 Å². The monoisotopic (exact) mass is 618 g/mol. The number of nitrogens with one attached hydrogen (secondary N) is 2. The number of carbonyl (C=O) groups is 4. The summed E-state index contributed by atoms with van der Waals surface area (Å²) >= 11 is 11.7. The minimum atomic E-state index is -0.684. The van der Waals surface area contributed by atoms with Crippen molar-refractivity contribution in [1.29, 1.82) is 0 Å². The molecule has 4 rings (SSSR count). The molecule has 2 N–H and O–H groups in total. The van der Waals surface area contributed by atoms with E-state index in [9.17, 15) is 19.2 Å². The van der Waals surface area contributed by atoms with Gasteiger partial charge in [-0.15, -0.1) is 0 Å². The number of ether oxygens (including phenoxy) is 1. The van der Waals surface area contributed by atoms with Crippen LogP contribution in [0.2, 0.25) is 10.3 Å². The van der Waals surface area contributed by atoms with E-state index in [2.05, 4.69) is 31.9 Å². The zero-order valence-corrected chi connectivity index (χ0v) is 24.9. The van der Waals surface area contributed by atoms with Gasteiger partial charge in [-0.2, -0.15) is 0 Å². The van der Waals surface area contributed by atoms with E-state index < -0.39 is 6.09 Å². The Bertz CT molecular complexity index is 1630. The quantitative estimate of drug-likeness (QED) is 0.110. The number of carbonyl (C=O) groups excluding carboxylic acids is 4. The second-order valence-electron chi connectivity index (χ2n) is 8.95. The smallest absolute Gasteiger partial charge is 0.411 e. The number of nitrogens with zero attached hydrogens (tertiary/aromatic N) is 2. The van der Waals surface area contributed by atoms with Crippen molar-refractivity contribution >= 4 is 58.0 Å². The lowest BCUT2D eigenvalue weighted by molar-refractivity contribution is -0.115. The van der Waals surface area contributed by atoms with Crippen molar-refractivity contribution in [3.63, 3.8) is 0 Å². The largest absolute Gasteiger partial charge is 0.453 e. The molecule has 0 fully saturated rings. The normalized spacial score (nSPS) is 10.0. The maximum atomic E-state index is 12.6. The number of allylic oxidation sites excluding steroid dienone is 1. The summed E-state index contributed by atoms with van der Waals surface area (Å²) in [6.07, 6.45) is -0.382. The molecule has 2 heterocycles. The number of anilines is 2. The summed E-state index contributed by atoms with van der Waals surface area (Å²) in [6.45, 7) is 5.69. The number of hydrogen-bond donors (Lipinski definition) is 2. The van der Waals surface area contributed by atoms with E-state index in [1.165, 1.54) is 19.2 Å². The Morgan fingerprint density at radius 1 is 0.744 bits per heavy atom. The standard InChI is InChI=1S/C18H17ClN2O2.C14H11ClN2O3/c1-12(2)15(22)10-11-20-14-8-9-16(19)21-17(14)18(23)13-6-4-3-5-7-13;1-20-14(19)16-10-7-8-11(15)17-12(10)13(18)9-5-3-2-4-6-9/h3-9,20H,1,10-11H2,2H3;2-8H,1H3,(H,16,19). The second-order valence-corrected chi connectivity index (χ2v) is 9.72. The molecular formula is C32H28Cl2N4O5. The topological polar surface area (TPSA) is 127 Å². The molecule has 0 aliphatic rings. The molecule has 0 bridgehead atoms. The van der Waals surface area contributed by atoms with Gasteiger partial charge < -0.3 is 10.1 Å². The molecular weight excluding hydrogens is 591 g/mol. The minimum Gasteiger partial charge on any atom is -0.453 e. The van der Waals surface area contributed by atoms with Crippen LogP contribution in [-0.2, 0) is 9.53 Å². The summed E-state index contributed by atoms with van der Waals surface area (Å²) in [5.74, 6) is -0.573. The lowest BCUT2D eigenvalue weighted by Crippen LogP contribution is -2.16. The Kier molecular flexibility index (Phi) is 12.1. The van der Waals surface area contributed by atoms with Crippen LogP contribution in [0, 0.1) is 0 Å². The van der Waals surface area contributed by atoms with Crippen LogP contribution < -0.4 is 10.6 Å². The number of Topliss-reactive ketones (excluding diaryl/α,β-unsaturated/α-hetero) is 1. The van der Waals surface area contributed by atoms with Gasteiger partial charge in [0, 0.05) is 24.1 Å². The Hall–Kier alpha value is -4.86. The fourth-order valence-electron chi connectivity index (χ4n) is 3.60. The van der Waals surface area contributed by atoms with E-state index in [1.807, 2.05) is 6.07 Å². The van der Waals surface area contributed by atoms with Gasteiger partial charge >= 0.3 is 6.09 Å². The van der Waals surface area contributed by atoms with Crippen LogP contribution in [0.15, 0.2) is 97.1 Å². The lowest BCUT2D eigenvalue weighted by atomic mass is 10.1. The first-order valence-electron chi connectivity index (χ1n) is 12.9. The summed E-state index contributed by atoms with van der Waals surface area (Å²) < 4.78 is 4.50. The highest BCUT2D eigenvalue weighted by molar-refractivity contribution is 6.30. The first kappa shape index (κ1) is 32.7. The number of methoxy groups -OCH3 is 1. The molecule has 0 aliphatic carbocycles. The van der Waals surface area contributed by atoms with E-state index in [4.69, 9.17) is 23.2 Å². The van der Waals surface area contributed by atoms with Crippen molar-refractivity contribution < 1.29 is 23.9 Å². The van der Waals surface area contributed by atoms with E-state index in [0.29, 0.717) is 35.4 Å². The number of rotatable bonds is 10. The van der Waals surface area contributed by atoms with Crippen LogP contribution in [0.1, 0.15) is 45.4 Å². The number of benzene rings is 2. The highest BCUT2D eigenvalue weighted by Gasteiger charge is 2.18. The van der Waals surface area contributed by atoms with Gasteiger partial charge in [-0.1, -0.05) is 90.4 Å². The van der Waals surface area contributed by atoms with Gasteiger partial charge in [0.25, 0.3) is 0 Å². The third-order valence-corrected chi connectivity index (χ3v) is 6.21. The van der Waals surface area contributed by atoms with E-state index in [1.54, 1.807) is 73.7 Å². The molecule has 2 aromatic carbocycles. The Morgan fingerprint density at radius 2 is 1.21 bits per heavy atom. The number of pyridine rings is 2. The Labute approximate surface area is 258 Å². The number of halogens is 2. The van der Waals surface area contributed by atoms with E-state index in [-0.39, 0.29) is 44.7 Å². The van der Waals surface area contributed by atoms with Crippen molar-refractivity contribution in [1.82, 2.24) is 9.97 Å². The molecule has 0 saturated carbocycles. The van der Waals surface area contributed by atoms with Gasteiger partial charge in [0.1, 0.15) is 21.7 Å². The summed E-state index contributed by atoms with van der Waals surface area (Å²) in [7, 11) is 1.23. The molecule has 0 atom stereocenters. The first-order chi connectivity index (χ1) is 20.6. The van der Waals surface area contributed by atoms with Gasteiger partial charge in [0.2, 0.25) is 11.6 Å². The minimum absolute atomic E-state index is 0.0182. The molecule has 4 aromatic rings. The summed E-state index contributed by atoms with van der Waals surface area (Å²) in [4.78, 5) is 55.9. The molecule has 2 aromatic heterocycles. The molecule has 11 heteroatoms. The molecule has 43 heavy (non-hydrogen) atoms. The Morgan fingerprint density at radius 3 is 1.67 bits per heavy atom. The van der Waals surface area contributed by atoms with Crippen LogP contribution in [-0.4, -0.2) is 47.1 Å². The molecule has 0 saturated heterocycles. The van der Waals surface area contributed by atoms with Crippen LogP contribution in [0.4, 0.5) is 16.2 Å². The number of amides is 1. The third kappa shape index (κ3) is 9.59. The van der Waals surface area contributed by atoms with Crippen LogP contribution >= 0.6 is 23.2 Å². The summed E-state index contributed by atoms with van der Waals surface area (Å²) in [5.41, 5.74) is 2.61. The molecule has 0 aliphatic heterocycles. The molecule has 0 unspecified atom stereocenters. The van der Waals surface area contributed by atoms with Gasteiger partial charge in [0.05, 0.1) is 18.5 Å². The number of aromatic nitrogens is 2. The van der Waals surface area contributed by atoms with Crippen LogP contribution in [0.5, 0.6) is 0 Å². The first-order valence-corrected chi connectivity index (χ1v) is 13.7. The molecule has 0 spiro atoms. The molecule has 0 radical (unpaired) electrons. The number of ketones is 3. The highest BCUT2D eigenvalue weighted by Crippen LogP contribution is 2.22. The fourth-order valence-corrected chi connectivity index (χ4v) is 3.89. The maximum Gasteiger partial charge on any atom is 0.411 e. The Balaban J connectivity index is 0.000000238. The van der Waals surface area contributed by atoms with E-state index >= 15 is 0 Å². The van der Waals surface area contributed by atoms with Gasteiger partial charge in [-0.3, -0.25) is 19.7 Å². The summed E-state index contributed by atoms with van der Waals surface area (Å²) in [6, 6.07) is 23.7. The molecule has 220 valence electrons. The maximum absolute atomic E-state index is 12.6. The number of hydrogen-bond acceptors (Lipinski definition) is 8.